The second-order valence-corrected chi connectivity index (χ2v) is 1.90. The molecule has 0 fully saturated rings. The van der Waals surface area contributed by atoms with Crippen molar-refractivity contribution in [1.29, 1.82) is 5.26 Å². The first-order chi connectivity index (χ1) is 4.74. The van der Waals surface area contributed by atoms with Crippen LogP contribution in [0.25, 0.3) is 0 Å². The minimum absolute atomic E-state index is 0.262. The average Bonchev–Trinajstić information content (AvgIpc) is 2.14. The molecule has 0 aromatic carbocycles. The summed E-state index contributed by atoms with van der Waals surface area (Å²) in [5.41, 5.74) is 0.803. The lowest BCUT2D eigenvalue weighted by Gasteiger charge is -1.82. The van der Waals surface area contributed by atoms with Gasteiger partial charge < -0.3 is 4.42 Å². The number of hydrogen-bond donors (Lipinski definition) is 1. The SMILES string of the molecule is Cc1nc(NC#N)oc1C. The zero-order chi connectivity index (χ0) is 7.56. The lowest BCUT2D eigenvalue weighted by Crippen LogP contribution is -1.85. The summed E-state index contributed by atoms with van der Waals surface area (Å²) in [7, 11) is 0. The molecule has 0 amide bonds. The monoisotopic (exact) mass is 137 g/mol. The minimum Gasteiger partial charge on any atom is -0.428 e. The normalized spacial score (nSPS) is 8.90. The molecule has 4 heteroatoms. The van der Waals surface area contributed by atoms with E-state index in [-0.39, 0.29) is 6.01 Å². The largest absolute Gasteiger partial charge is 0.428 e. The third-order valence-electron chi connectivity index (χ3n) is 1.19. The molecule has 0 aliphatic heterocycles. The highest BCUT2D eigenvalue weighted by molar-refractivity contribution is 5.28. The Labute approximate surface area is 58.5 Å². The molecule has 1 rings (SSSR count). The molecule has 1 heterocycles. The van der Waals surface area contributed by atoms with Crippen molar-refractivity contribution < 1.29 is 4.42 Å². The molecule has 0 saturated carbocycles. The summed E-state index contributed by atoms with van der Waals surface area (Å²) in [4.78, 5) is 3.90. The van der Waals surface area contributed by atoms with Crippen molar-refractivity contribution in [2.75, 3.05) is 5.32 Å². The van der Waals surface area contributed by atoms with Gasteiger partial charge in [-0.2, -0.15) is 10.2 Å². The Bertz CT molecular complexity index is 252. The molecule has 0 spiro atoms. The van der Waals surface area contributed by atoms with Crippen LogP contribution in [0.15, 0.2) is 4.42 Å². The van der Waals surface area contributed by atoms with Crippen molar-refractivity contribution in [3.63, 3.8) is 0 Å². The fourth-order valence-corrected chi connectivity index (χ4v) is 0.574. The van der Waals surface area contributed by atoms with E-state index in [0.29, 0.717) is 0 Å². The Kier molecular flexibility index (Phi) is 1.59. The number of nitrogens with one attached hydrogen (secondary N) is 1. The quantitative estimate of drug-likeness (QED) is 0.466. The summed E-state index contributed by atoms with van der Waals surface area (Å²) in [5, 5.41) is 10.5. The van der Waals surface area contributed by atoms with Crippen LogP contribution in [0, 0.1) is 25.3 Å². The van der Waals surface area contributed by atoms with Crippen LogP contribution >= 0.6 is 0 Å². The van der Waals surface area contributed by atoms with Crippen LogP contribution < -0.4 is 5.32 Å². The molecule has 0 aliphatic carbocycles. The van der Waals surface area contributed by atoms with E-state index in [2.05, 4.69) is 10.3 Å². The molecule has 52 valence electrons. The second-order valence-electron chi connectivity index (χ2n) is 1.90. The van der Waals surface area contributed by atoms with Gasteiger partial charge in [-0.3, -0.25) is 0 Å². The third kappa shape index (κ3) is 1.08. The maximum atomic E-state index is 8.16. The van der Waals surface area contributed by atoms with Crippen LogP contribution in [0.5, 0.6) is 0 Å². The first-order valence-electron chi connectivity index (χ1n) is 2.83. The van der Waals surface area contributed by atoms with E-state index in [4.69, 9.17) is 9.68 Å². The Balaban J connectivity index is 2.90. The summed E-state index contributed by atoms with van der Waals surface area (Å²) >= 11 is 0. The Morgan fingerprint density at radius 2 is 2.30 bits per heavy atom. The second kappa shape index (κ2) is 2.40. The van der Waals surface area contributed by atoms with Crippen LogP contribution in [0.1, 0.15) is 11.5 Å². The molecule has 1 N–H and O–H groups in total. The summed E-state index contributed by atoms with van der Waals surface area (Å²) in [6, 6.07) is 0.262. The summed E-state index contributed by atoms with van der Waals surface area (Å²) < 4.78 is 5.01. The van der Waals surface area contributed by atoms with E-state index in [1.807, 2.05) is 6.92 Å². The van der Waals surface area contributed by atoms with Gasteiger partial charge in [-0.1, -0.05) is 0 Å². The van der Waals surface area contributed by atoms with Gasteiger partial charge in [-0.05, 0) is 13.8 Å². The van der Waals surface area contributed by atoms with Gasteiger partial charge in [-0.25, -0.2) is 5.32 Å². The fourth-order valence-electron chi connectivity index (χ4n) is 0.574. The minimum atomic E-state index is 0.262. The van der Waals surface area contributed by atoms with Crippen LogP contribution in [0.2, 0.25) is 0 Å². The number of aromatic nitrogens is 1. The standard InChI is InChI=1S/C6H7N3O/c1-4-5(2)10-6(9-4)8-3-7/h1-2H3,(H,8,9). The number of anilines is 1. The third-order valence-corrected chi connectivity index (χ3v) is 1.19. The Morgan fingerprint density at radius 1 is 1.60 bits per heavy atom. The summed E-state index contributed by atoms with van der Waals surface area (Å²) in [6.45, 7) is 3.62. The van der Waals surface area contributed by atoms with E-state index in [9.17, 15) is 0 Å². The van der Waals surface area contributed by atoms with E-state index in [0.717, 1.165) is 11.5 Å². The van der Waals surface area contributed by atoms with Gasteiger partial charge in [0, 0.05) is 0 Å². The van der Waals surface area contributed by atoms with Gasteiger partial charge in [0.15, 0.2) is 6.19 Å². The van der Waals surface area contributed by atoms with Crippen LogP contribution in [-0.2, 0) is 0 Å². The van der Waals surface area contributed by atoms with E-state index in [1.54, 1.807) is 13.1 Å². The van der Waals surface area contributed by atoms with Crippen molar-refractivity contribution in [3.05, 3.63) is 11.5 Å². The van der Waals surface area contributed by atoms with Gasteiger partial charge >= 0.3 is 6.01 Å². The van der Waals surface area contributed by atoms with E-state index in [1.165, 1.54) is 0 Å². The van der Waals surface area contributed by atoms with Crippen molar-refractivity contribution in [1.82, 2.24) is 4.98 Å². The lowest BCUT2D eigenvalue weighted by molar-refractivity contribution is 0.544. The molecule has 1 aromatic heterocycles. The highest BCUT2D eigenvalue weighted by Gasteiger charge is 2.02. The first kappa shape index (κ1) is 6.62. The smallest absolute Gasteiger partial charge is 0.308 e. The highest BCUT2D eigenvalue weighted by atomic mass is 16.4. The van der Waals surface area contributed by atoms with Crippen LogP contribution in [0.3, 0.4) is 0 Å². The van der Waals surface area contributed by atoms with Crippen LogP contribution in [-0.4, -0.2) is 4.98 Å². The van der Waals surface area contributed by atoms with E-state index < -0.39 is 0 Å². The predicted molar refractivity (Wildman–Crippen MR) is 35.2 cm³/mol. The van der Waals surface area contributed by atoms with Gasteiger partial charge in [0.1, 0.15) is 5.76 Å². The topological polar surface area (TPSA) is 61.9 Å². The molecule has 0 unspecified atom stereocenters. The molecule has 0 radical (unpaired) electrons. The maximum absolute atomic E-state index is 8.16. The average molecular weight is 137 g/mol. The van der Waals surface area contributed by atoms with Crippen LogP contribution in [0.4, 0.5) is 6.01 Å². The molecule has 0 aliphatic rings. The molecular weight excluding hydrogens is 130 g/mol. The summed E-state index contributed by atoms with van der Waals surface area (Å²) in [5.74, 6) is 0.734. The molecular formula is C6H7N3O. The zero-order valence-corrected chi connectivity index (χ0v) is 5.80. The molecule has 4 nitrogen and oxygen atoms in total. The number of nitrogens with zero attached hydrogens (tertiary/aromatic N) is 2. The summed E-state index contributed by atoms with van der Waals surface area (Å²) in [6.07, 6.45) is 1.72. The Morgan fingerprint density at radius 3 is 2.70 bits per heavy atom. The Hall–Kier alpha value is -1.50. The predicted octanol–water partition coefficient (Wildman–Crippen LogP) is 1.18. The zero-order valence-electron chi connectivity index (χ0n) is 5.80. The number of nitriles is 1. The molecule has 10 heavy (non-hydrogen) atoms. The lowest BCUT2D eigenvalue weighted by atomic mass is 10.4. The number of rotatable bonds is 1. The van der Waals surface area contributed by atoms with Crippen molar-refractivity contribution in [2.24, 2.45) is 0 Å². The van der Waals surface area contributed by atoms with Crippen molar-refractivity contribution in [3.8, 4) is 6.19 Å². The van der Waals surface area contributed by atoms with Gasteiger partial charge in [0.2, 0.25) is 0 Å². The van der Waals surface area contributed by atoms with Crippen molar-refractivity contribution >= 4 is 6.01 Å². The van der Waals surface area contributed by atoms with Gasteiger partial charge in [0.25, 0.3) is 0 Å². The molecule has 0 saturated heterocycles. The van der Waals surface area contributed by atoms with Crippen molar-refractivity contribution in [2.45, 2.75) is 13.8 Å². The number of oxazole rings is 1. The number of aryl methyl sites for hydroxylation is 2. The maximum Gasteiger partial charge on any atom is 0.308 e. The van der Waals surface area contributed by atoms with Gasteiger partial charge in [0.05, 0.1) is 5.69 Å². The highest BCUT2D eigenvalue weighted by Crippen LogP contribution is 2.11. The molecule has 0 bridgehead atoms. The number of hydrogen-bond acceptors (Lipinski definition) is 4. The van der Waals surface area contributed by atoms with Gasteiger partial charge in [-0.15, -0.1) is 0 Å². The molecule has 1 aromatic rings. The molecule has 0 atom stereocenters. The fraction of sp³-hybridized carbons (Fsp3) is 0.333. The van der Waals surface area contributed by atoms with E-state index >= 15 is 0 Å². The first-order valence-corrected chi connectivity index (χ1v) is 2.83.